The first-order valence-corrected chi connectivity index (χ1v) is 9.33. The molecule has 4 rings (SSSR count). The fraction of sp³-hybridized carbons (Fsp3) is 0.421. The molecule has 5 atom stereocenters. The molecule has 1 aromatic carbocycles. The van der Waals surface area contributed by atoms with Crippen LogP contribution >= 0.6 is 0 Å². The molecule has 0 spiro atoms. The summed E-state index contributed by atoms with van der Waals surface area (Å²) in [7, 11) is 0. The number of nitrogens with zero attached hydrogens (tertiary/aromatic N) is 4. The molecular formula is C19H21N5O6. The van der Waals surface area contributed by atoms with Crippen LogP contribution in [0.1, 0.15) is 10.4 Å². The molecule has 30 heavy (non-hydrogen) atoms. The quantitative estimate of drug-likeness (QED) is 0.352. The van der Waals surface area contributed by atoms with Crippen LogP contribution in [0.2, 0.25) is 0 Å². The summed E-state index contributed by atoms with van der Waals surface area (Å²) in [5.74, 6) is -0.186. The molecule has 11 heteroatoms. The van der Waals surface area contributed by atoms with Gasteiger partial charge in [-0.1, -0.05) is 30.3 Å². The molecular weight excluding hydrogens is 394 g/mol. The number of ketones is 1. The lowest BCUT2D eigenvalue weighted by atomic mass is 9.93. The zero-order chi connectivity index (χ0) is 21.3. The van der Waals surface area contributed by atoms with Crippen molar-refractivity contribution in [3.05, 3.63) is 35.9 Å². The lowest BCUT2D eigenvalue weighted by Gasteiger charge is -2.32. The molecule has 3 aliphatic rings. The van der Waals surface area contributed by atoms with Crippen LogP contribution in [-0.2, 0) is 14.3 Å². The van der Waals surface area contributed by atoms with Gasteiger partial charge in [-0.05, 0) is 0 Å². The highest BCUT2D eigenvalue weighted by atomic mass is 16.6. The molecule has 1 fully saturated rings. The van der Waals surface area contributed by atoms with Crippen molar-refractivity contribution >= 4 is 30.0 Å². The van der Waals surface area contributed by atoms with Gasteiger partial charge in [-0.15, -0.1) is 0 Å². The predicted octanol–water partition coefficient (Wildman–Crippen LogP) is -1.66. The third-order valence-electron chi connectivity index (χ3n) is 5.21. The highest BCUT2D eigenvalue weighted by Crippen LogP contribution is 2.31. The number of aldehydes is 1. The van der Waals surface area contributed by atoms with Gasteiger partial charge >= 0.3 is 0 Å². The zero-order valence-electron chi connectivity index (χ0n) is 15.9. The normalized spacial score (nSPS) is 32.6. The van der Waals surface area contributed by atoms with E-state index in [2.05, 4.69) is 15.0 Å². The van der Waals surface area contributed by atoms with E-state index in [4.69, 9.17) is 15.2 Å². The van der Waals surface area contributed by atoms with E-state index in [1.54, 1.807) is 35.2 Å². The Bertz CT molecular complexity index is 919. The second-order valence-corrected chi connectivity index (χ2v) is 6.98. The van der Waals surface area contributed by atoms with Crippen LogP contribution in [0, 0.1) is 0 Å². The Hall–Kier alpha value is -2.83. The number of nitrogens with two attached hydrogens (primary N) is 1. The first-order valence-electron chi connectivity index (χ1n) is 9.33. The van der Waals surface area contributed by atoms with Crippen LogP contribution in [0.4, 0.5) is 0 Å². The van der Waals surface area contributed by atoms with E-state index in [9.17, 15) is 19.8 Å². The number of hydrogen-bond acceptors (Lipinski definition) is 11. The summed E-state index contributed by atoms with van der Waals surface area (Å²) in [4.78, 5) is 38.1. The Morgan fingerprint density at radius 2 is 2.17 bits per heavy atom. The lowest BCUT2D eigenvalue weighted by Crippen LogP contribution is -2.59. The average Bonchev–Trinajstić information content (AvgIpc) is 3.34. The minimum absolute atomic E-state index is 0.0228. The van der Waals surface area contributed by atoms with Gasteiger partial charge in [0.15, 0.2) is 12.1 Å². The number of rotatable bonds is 7. The van der Waals surface area contributed by atoms with Crippen molar-refractivity contribution in [3.63, 3.8) is 0 Å². The molecule has 1 aromatic rings. The number of aliphatic hydroxyl groups is 2. The van der Waals surface area contributed by atoms with Crippen molar-refractivity contribution in [2.24, 2.45) is 20.7 Å². The Morgan fingerprint density at radius 3 is 2.87 bits per heavy atom. The van der Waals surface area contributed by atoms with E-state index in [1.165, 1.54) is 6.34 Å². The maximum absolute atomic E-state index is 13.1. The summed E-state index contributed by atoms with van der Waals surface area (Å²) >= 11 is 0. The number of Topliss-reactive ketones (excluding diaryl/α,β-unsaturated/α-hetero) is 1. The smallest absolute Gasteiger partial charge is 0.219 e. The minimum Gasteiger partial charge on any atom is -0.394 e. The first-order chi connectivity index (χ1) is 14.5. The fourth-order valence-electron chi connectivity index (χ4n) is 3.71. The van der Waals surface area contributed by atoms with Crippen LogP contribution < -0.4 is 5.73 Å². The van der Waals surface area contributed by atoms with Crippen molar-refractivity contribution in [1.82, 2.24) is 4.90 Å². The van der Waals surface area contributed by atoms with E-state index in [0.29, 0.717) is 11.8 Å². The standard InChI is InChI=1S/C19H21N5O6/c20-19(16(28)11-4-2-1-3-5-11)15-17(21-9-23-19)24(10-22-15)18-14(29-7-6-25)13(27)12(8-26)30-18/h1-6,9,12-14,18,26-27H,7-8,10,20H2/t12-,13-,14-,18-,19?/m1/s1. The molecule has 0 bridgehead atoms. The number of amidine groups is 1. The number of aliphatic hydroxyl groups excluding tert-OH is 2. The topological polar surface area (TPSA) is 159 Å². The Labute approximate surface area is 171 Å². The predicted molar refractivity (Wildman–Crippen MR) is 105 cm³/mol. The summed E-state index contributed by atoms with van der Waals surface area (Å²) < 4.78 is 11.2. The summed E-state index contributed by atoms with van der Waals surface area (Å²) in [6, 6.07) is 8.50. The Kier molecular flexibility index (Phi) is 5.54. The zero-order valence-corrected chi connectivity index (χ0v) is 15.9. The van der Waals surface area contributed by atoms with Gasteiger partial charge in [0.2, 0.25) is 11.4 Å². The van der Waals surface area contributed by atoms with Crippen LogP contribution in [0.3, 0.4) is 0 Å². The van der Waals surface area contributed by atoms with E-state index in [0.717, 1.165) is 0 Å². The molecule has 0 amide bonds. The molecule has 4 N–H and O–H groups in total. The number of benzene rings is 1. The number of ether oxygens (including phenoxy) is 2. The third kappa shape index (κ3) is 3.26. The molecule has 0 aromatic heterocycles. The monoisotopic (exact) mass is 415 g/mol. The highest BCUT2D eigenvalue weighted by Gasteiger charge is 2.53. The molecule has 3 aliphatic heterocycles. The molecule has 1 unspecified atom stereocenters. The van der Waals surface area contributed by atoms with E-state index in [1.807, 2.05) is 0 Å². The SMILES string of the molecule is NC1(C(=O)c2ccccc2)N=CN=C2C1=NCN2[C@@H]1O[C@H](CO)[C@@H](O)[C@H]1OCC=O. The number of carbonyl (C=O) groups is 2. The van der Waals surface area contributed by atoms with Crippen LogP contribution in [0.25, 0.3) is 0 Å². The average molecular weight is 415 g/mol. The maximum atomic E-state index is 13.1. The number of hydrogen-bond donors (Lipinski definition) is 3. The summed E-state index contributed by atoms with van der Waals surface area (Å²) in [5.41, 5.74) is 5.16. The van der Waals surface area contributed by atoms with E-state index in [-0.39, 0.29) is 24.8 Å². The lowest BCUT2D eigenvalue weighted by molar-refractivity contribution is -0.120. The van der Waals surface area contributed by atoms with Crippen molar-refractivity contribution in [2.45, 2.75) is 30.2 Å². The van der Waals surface area contributed by atoms with E-state index >= 15 is 0 Å². The van der Waals surface area contributed by atoms with Gasteiger partial charge in [-0.2, -0.15) is 0 Å². The molecule has 11 nitrogen and oxygen atoms in total. The number of fused-ring (bicyclic) bond motifs is 1. The van der Waals surface area contributed by atoms with Crippen molar-refractivity contribution in [2.75, 3.05) is 19.9 Å². The van der Waals surface area contributed by atoms with Crippen molar-refractivity contribution in [1.29, 1.82) is 0 Å². The van der Waals surface area contributed by atoms with Crippen LogP contribution in [0.15, 0.2) is 45.3 Å². The second-order valence-electron chi connectivity index (χ2n) is 6.98. The number of aliphatic imine (C=N–C) groups is 3. The molecule has 158 valence electrons. The van der Waals surface area contributed by atoms with Gasteiger partial charge in [0.05, 0.1) is 6.61 Å². The Morgan fingerprint density at radius 1 is 1.40 bits per heavy atom. The summed E-state index contributed by atoms with van der Waals surface area (Å²) in [6.45, 7) is -0.682. The molecule has 3 heterocycles. The fourth-order valence-corrected chi connectivity index (χ4v) is 3.71. The van der Waals surface area contributed by atoms with Crippen LogP contribution in [0.5, 0.6) is 0 Å². The van der Waals surface area contributed by atoms with Gasteiger partial charge < -0.3 is 29.4 Å². The molecule has 0 saturated carbocycles. The summed E-state index contributed by atoms with van der Waals surface area (Å²) in [6.07, 6.45) is -2.20. The molecule has 1 saturated heterocycles. The third-order valence-corrected chi connectivity index (χ3v) is 5.21. The largest absolute Gasteiger partial charge is 0.394 e. The highest BCUT2D eigenvalue weighted by molar-refractivity contribution is 6.52. The minimum atomic E-state index is -1.76. The first kappa shape index (κ1) is 20.4. The van der Waals surface area contributed by atoms with Crippen molar-refractivity contribution < 1.29 is 29.3 Å². The van der Waals surface area contributed by atoms with Gasteiger partial charge in [0.1, 0.15) is 49.9 Å². The second kappa shape index (κ2) is 8.13. The van der Waals surface area contributed by atoms with E-state index < -0.39 is 42.6 Å². The van der Waals surface area contributed by atoms with Gasteiger partial charge in [0.25, 0.3) is 0 Å². The van der Waals surface area contributed by atoms with Crippen molar-refractivity contribution in [3.8, 4) is 0 Å². The Balaban J connectivity index is 1.61. The molecule has 0 radical (unpaired) electrons. The van der Waals surface area contributed by atoms with Gasteiger partial charge in [-0.3, -0.25) is 15.5 Å². The maximum Gasteiger partial charge on any atom is 0.219 e. The molecule has 0 aliphatic carbocycles. The number of carbonyl (C=O) groups excluding carboxylic acids is 2. The summed E-state index contributed by atoms with van der Waals surface area (Å²) in [5, 5.41) is 19.9. The van der Waals surface area contributed by atoms with Crippen LogP contribution in [-0.4, -0.2) is 95.2 Å². The van der Waals surface area contributed by atoms with Gasteiger partial charge in [0, 0.05) is 5.56 Å². The van der Waals surface area contributed by atoms with Gasteiger partial charge in [-0.25, -0.2) is 9.98 Å².